The Morgan fingerprint density at radius 1 is 1.13 bits per heavy atom. The van der Waals surface area contributed by atoms with Crippen LogP contribution in [0.3, 0.4) is 0 Å². The zero-order valence-electron chi connectivity index (χ0n) is 13.0. The lowest BCUT2D eigenvalue weighted by atomic mass is 10.1. The number of amides is 2. The maximum absolute atomic E-state index is 10.8. The molecule has 10 heteroatoms. The molecular weight excluding hydrogens is 328 g/mol. The number of nitrogens with two attached hydrogens (primary N) is 1. The molecule has 0 aromatic heterocycles. The molecule has 0 aliphatic carbocycles. The van der Waals surface area contributed by atoms with Crippen LogP contribution in [0.2, 0.25) is 0 Å². The third kappa shape index (κ3) is 28.4. The number of aliphatic carboxylic acids is 1. The van der Waals surface area contributed by atoms with Gasteiger partial charge in [-0.3, -0.25) is 14.1 Å². The minimum absolute atomic E-state index is 0.478. The van der Waals surface area contributed by atoms with E-state index in [-0.39, 0.29) is 0 Å². The summed E-state index contributed by atoms with van der Waals surface area (Å²) in [5.74, 6) is -2.47. The van der Waals surface area contributed by atoms with Crippen molar-refractivity contribution in [2.24, 2.45) is 5.73 Å². The molecule has 0 fully saturated rings. The van der Waals surface area contributed by atoms with E-state index in [9.17, 15) is 22.8 Å². The summed E-state index contributed by atoms with van der Waals surface area (Å²) in [5, 5.41) is 9.97. The van der Waals surface area contributed by atoms with Gasteiger partial charge in [0.25, 0.3) is 10.1 Å². The van der Waals surface area contributed by atoms with Gasteiger partial charge in [0, 0.05) is 6.08 Å². The van der Waals surface area contributed by atoms with Crippen LogP contribution in [0.1, 0.15) is 13.8 Å². The maximum atomic E-state index is 10.8. The van der Waals surface area contributed by atoms with Gasteiger partial charge in [-0.05, 0) is 26.0 Å². The van der Waals surface area contributed by atoms with Crippen molar-refractivity contribution in [3.63, 3.8) is 0 Å². The molecule has 0 spiro atoms. The molecule has 0 heterocycles. The summed E-state index contributed by atoms with van der Waals surface area (Å²) in [7, 11) is -4.08. The molecule has 0 saturated carbocycles. The molecule has 0 saturated heterocycles. The third-order valence-electron chi connectivity index (χ3n) is 1.57. The molecule has 0 rings (SSSR count). The van der Waals surface area contributed by atoms with Crippen molar-refractivity contribution >= 4 is 27.9 Å². The Balaban J connectivity index is -0.000000329. The second-order valence-electron chi connectivity index (χ2n) is 4.45. The van der Waals surface area contributed by atoms with Crippen molar-refractivity contribution in [1.29, 1.82) is 0 Å². The van der Waals surface area contributed by atoms with Gasteiger partial charge >= 0.3 is 5.97 Å². The fraction of sp³-hybridized carbons (Fsp3) is 0.308. The molecule has 0 bridgehead atoms. The van der Waals surface area contributed by atoms with Gasteiger partial charge in [0.1, 0.15) is 0 Å². The average molecular weight is 350 g/mol. The van der Waals surface area contributed by atoms with Crippen molar-refractivity contribution in [3.8, 4) is 0 Å². The zero-order valence-corrected chi connectivity index (χ0v) is 13.8. The predicted molar refractivity (Wildman–Crippen MR) is 86.1 cm³/mol. The first-order valence-corrected chi connectivity index (χ1v) is 7.48. The molecule has 132 valence electrons. The SMILES string of the molecule is C=CC(=O)NC(C)(C)CS(=O)(=O)O.C=CC(=O)O.C=CC(N)=O. The Labute approximate surface area is 135 Å². The van der Waals surface area contributed by atoms with Crippen LogP contribution in [0.15, 0.2) is 38.0 Å². The van der Waals surface area contributed by atoms with E-state index >= 15 is 0 Å². The van der Waals surface area contributed by atoms with Crippen LogP contribution in [0.25, 0.3) is 0 Å². The Morgan fingerprint density at radius 3 is 1.65 bits per heavy atom. The summed E-state index contributed by atoms with van der Waals surface area (Å²) in [6.07, 6.45) is 2.92. The van der Waals surface area contributed by atoms with E-state index in [2.05, 4.69) is 30.8 Å². The molecule has 2 amide bonds. The van der Waals surface area contributed by atoms with E-state index < -0.39 is 39.2 Å². The summed E-state index contributed by atoms with van der Waals surface area (Å²) in [6.45, 7) is 12.2. The molecule has 5 N–H and O–H groups in total. The largest absolute Gasteiger partial charge is 0.478 e. The highest BCUT2D eigenvalue weighted by Crippen LogP contribution is 2.05. The normalized spacial score (nSPS) is 9.70. The van der Waals surface area contributed by atoms with Crippen molar-refractivity contribution in [3.05, 3.63) is 38.0 Å². The van der Waals surface area contributed by atoms with Crippen LogP contribution in [-0.4, -0.2) is 47.2 Å². The van der Waals surface area contributed by atoms with Gasteiger partial charge in [0.05, 0.1) is 11.3 Å². The Bertz CT molecular complexity index is 533. The number of carboxylic acid groups (broad SMARTS) is 1. The smallest absolute Gasteiger partial charge is 0.327 e. The van der Waals surface area contributed by atoms with Crippen LogP contribution in [-0.2, 0) is 24.5 Å². The van der Waals surface area contributed by atoms with Crippen LogP contribution < -0.4 is 11.1 Å². The molecule has 0 aliphatic heterocycles. The van der Waals surface area contributed by atoms with E-state index in [0.29, 0.717) is 0 Å². The van der Waals surface area contributed by atoms with Crippen LogP contribution >= 0.6 is 0 Å². The van der Waals surface area contributed by atoms with E-state index in [0.717, 1.165) is 18.2 Å². The molecule has 23 heavy (non-hydrogen) atoms. The Morgan fingerprint density at radius 2 is 1.48 bits per heavy atom. The summed E-state index contributed by atoms with van der Waals surface area (Å²) < 4.78 is 29.5. The minimum Gasteiger partial charge on any atom is -0.478 e. The first-order chi connectivity index (χ1) is 10.2. The average Bonchev–Trinajstić information content (AvgIpc) is 2.36. The second kappa shape index (κ2) is 12.1. The number of nitrogens with one attached hydrogen (secondary N) is 1. The van der Waals surface area contributed by atoms with E-state index in [1.165, 1.54) is 13.8 Å². The Kier molecular flexibility index (Phi) is 13.4. The fourth-order valence-electron chi connectivity index (χ4n) is 0.877. The first kappa shape index (κ1) is 25.5. The second-order valence-corrected chi connectivity index (χ2v) is 5.90. The van der Waals surface area contributed by atoms with Gasteiger partial charge in [0.15, 0.2) is 0 Å². The first-order valence-electron chi connectivity index (χ1n) is 5.87. The number of carboxylic acids is 1. The highest BCUT2D eigenvalue weighted by molar-refractivity contribution is 7.85. The molecular formula is C13H22N2O7S. The van der Waals surface area contributed by atoms with Gasteiger partial charge in [-0.25, -0.2) is 4.79 Å². The standard InChI is InChI=1S/C7H13NO4S.C3H5NO.C3H4O2/c1-4-6(9)8-7(2,3)5-13(10,11)12;2*1-2-3(4)5/h4H,1,5H2,2-3H3,(H,8,9)(H,10,11,12);2H,1H2,(H2,4,5);2H,1H2,(H,4,5). The molecule has 0 unspecified atom stereocenters. The number of carbonyl (C=O) groups excluding carboxylic acids is 2. The van der Waals surface area contributed by atoms with E-state index in [4.69, 9.17) is 9.66 Å². The number of hydrogen-bond acceptors (Lipinski definition) is 5. The molecule has 0 radical (unpaired) electrons. The lowest BCUT2D eigenvalue weighted by Gasteiger charge is -2.23. The summed E-state index contributed by atoms with van der Waals surface area (Å²) in [6, 6.07) is 0. The van der Waals surface area contributed by atoms with Crippen LogP contribution in [0.4, 0.5) is 0 Å². The van der Waals surface area contributed by atoms with Crippen molar-refractivity contribution in [2.75, 3.05) is 5.75 Å². The van der Waals surface area contributed by atoms with Gasteiger partial charge < -0.3 is 16.2 Å². The van der Waals surface area contributed by atoms with Crippen LogP contribution in [0, 0.1) is 0 Å². The summed E-state index contributed by atoms with van der Waals surface area (Å²) in [5.41, 5.74) is 3.53. The highest BCUT2D eigenvalue weighted by Gasteiger charge is 2.25. The van der Waals surface area contributed by atoms with Crippen molar-refractivity contribution in [2.45, 2.75) is 19.4 Å². The van der Waals surface area contributed by atoms with Gasteiger partial charge in [-0.15, -0.1) is 0 Å². The topological polar surface area (TPSA) is 164 Å². The highest BCUT2D eigenvalue weighted by atomic mass is 32.2. The fourth-order valence-corrected chi connectivity index (χ4v) is 1.86. The van der Waals surface area contributed by atoms with Gasteiger partial charge in [-0.1, -0.05) is 19.7 Å². The zero-order chi connectivity index (χ0) is 19.3. The molecule has 9 nitrogen and oxygen atoms in total. The molecule has 0 aromatic rings. The number of primary amides is 1. The quantitative estimate of drug-likeness (QED) is 0.382. The molecule has 0 aliphatic rings. The number of rotatable bonds is 6. The lowest BCUT2D eigenvalue weighted by molar-refractivity contribution is -0.131. The molecule has 0 aromatic carbocycles. The van der Waals surface area contributed by atoms with E-state index in [1.807, 2.05) is 0 Å². The summed E-state index contributed by atoms with van der Waals surface area (Å²) >= 11 is 0. The van der Waals surface area contributed by atoms with Crippen molar-refractivity contribution in [1.82, 2.24) is 5.32 Å². The third-order valence-corrected chi connectivity index (χ3v) is 2.65. The van der Waals surface area contributed by atoms with Gasteiger partial charge in [-0.2, -0.15) is 8.42 Å². The van der Waals surface area contributed by atoms with Crippen molar-refractivity contribution < 1.29 is 32.5 Å². The van der Waals surface area contributed by atoms with E-state index in [1.54, 1.807) is 0 Å². The van der Waals surface area contributed by atoms with Gasteiger partial charge in [0.2, 0.25) is 11.8 Å². The monoisotopic (exact) mass is 350 g/mol. The summed E-state index contributed by atoms with van der Waals surface area (Å²) in [4.78, 5) is 29.5. The number of hydrogen-bond donors (Lipinski definition) is 4. The molecule has 0 atom stereocenters. The van der Waals surface area contributed by atoms with Crippen LogP contribution in [0.5, 0.6) is 0 Å². The maximum Gasteiger partial charge on any atom is 0.327 e. The number of carbonyl (C=O) groups is 3. The lowest BCUT2D eigenvalue weighted by Crippen LogP contribution is -2.47. The predicted octanol–water partition coefficient (Wildman–Crippen LogP) is -0.130. The Hall–Kier alpha value is -2.46. The minimum atomic E-state index is -4.08.